The van der Waals surface area contributed by atoms with E-state index in [0.717, 1.165) is 31.6 Å². The van der Waals surface area contributed by atoms with Crippen LogP contribution in [-0.2, 0) is 0 Å². The molecule has 1 unspecified atom stereocenters. The van der Waals surface area contributed by atoms with Crippen molar-refractivity contribution in [2.45, 2.75) is 103 Å². The van der Waals surface area contributed by atoms with Crippen molar-refractivity contribution in [2.24, 2.45) is 29.1 Å². The maximum Gasteiger partial charge on any atom is 0.191 e. The van der Waals surface area contributed by atoms with Gasteiger partial charge in [0.1, 0.15) is 0 Å². The first-order valence-corrected chi connectivity index (χ1v) is 12.4. The molecule has 0 aromatic rings. The van der Waals surface area contributed by atoms with Gasteiger partial charge in [-0.1, -0.05) is 71.3 Å². The Morgan fingerprint density at radius 2 is 1.84 bits per heavy atom. The van der Waals surface area contributed by atoms with E-state index in [1.165, 1.54) is 24.8 Å². The average Bonchev–Trinajstić information content (AvgIpc) is 2.93. The molecule has 4 heteroatoms. The summed E-state index contributed by atoms with van der Waals surface area (Å²) in [5.41, 5.74) is 2.46. The van der Waals surface area contributed by atoms with E-state index in [0.29, 0.717) is 29.7 Å². The first kappa shape index (κ1) is 24.7. The lowest BCUT2D eigenvalue weighted by molar-refractivity contribution is -0.155. The fourth-order valence-corrected chi connectivity index (χ4v) is 6.88. The highest BCUT2D eigenvalue weighted by Crippen LogP contribution is 2.60. The lowest BCUT2D eigenvalue weighted by Gasteiger charge is -2.44. The van der Waals surface area contributed by atoms with E-state index in [4.69, 9.17) is 0 Å². The highest BCUT2D eigenvalue weighted by atomic mass is 16.5. The maximum atomic E-state index is 11.1. The van der Waals surface area contributed by atoms with E-state index < -0.39 is 11.9 Å². The largest absolute Gasteiger partial charge is 0.393 e. The summed E-state index contributed by atoms with van der Waals surface area (Å²) in [6, 6.07) is 0. The molecule has 3 aliphatic rings. The maximum absolute atomic E-state index is 11.1. The molecule has 3 rings (SSSR count). The third-order valence-electron chi connectivity index (χ3n) is 8.48. The van der Waals surface area contributed by atoms with Crippen LogP contribution in [-0.4, -0.2) is 38.4 Å². The quantitative estimate of drug-likeness (QED) is 0.451. The lowest BCUT2D eigenvalue weighted by atomic mass is 9.60. The summed E-state index contributed by atoms with van der Waals surface area (Å²) < 4.78 is 0. The molecule has 0 amide bonds. The minimum Gasteiger partial charge on any atom is -0.393 e. The van der Waals surface area contributed by atoms with Crippen molar-refractivity contribution in [3.63, 3.8) is 0 Å². The van der Waals surface area contributed by atoms with Crippen LogP contribution in [0.4, 0.5) is 0 Å². The van der Waals surface area contributed by atoms with Crippen LogP contribution in [0.1, 0.15) is 85.5 Å². The van der Waals surface area contributed by atoms with Gasteiger partial charge in [0, 0.05) is 12.0 Å². The molecule has 31 heavy (non-hydrogen) atoms. The summed E-state index contributed by atoms with van der Waals surface area (Å²) in [7, 11) is 0. The zero-order chi connectivity index (χ0) is 23.0. The highest BCUT2D eigenvalue weighted by molar-refractivity contribution is 5.40. The van der Waals surface area contributed by atoms with Crippen molar-refractivity contribution in [3.8, 4) is 0 Å². The first-order valence-electron chi connectivity index (χ1n) is 12.4. The van der Waals surface area contributed by atoms with Crippen LogP contribution in [0.25, 0.3) is 0 Å². The predicted octanol–water partition coefficient (Wildman–Crippen LogP) is 4.88. The molecule has 176 valence electrons. The van der Waals surface area contributed by atoms with Gasteiger partial charge in [-0.3, -0.25) is 0 Å². The van der Waals surface area contributed by atoms with Crippen molar-refractivity contribution in [2.75, 3.05) is 0 Å². The molecule has 6 atom stereocenters. The van der Waals surface area contributed by atoms with Gasteiger partial charge in [-0.25, -0.2) is 0 Å². The molecule has 3 aliphatic carbocycles. The summed E-state index contributed by atoms with van der Waals surface area (Å²) >= 11 is 0. The van der Waals surface area contributed by atoms with Crippen molar-refractivity contribution in [1.82, 2.24) is 0 Å². The van der Waals surface area contributed by atoms with Crippen LogP contribution < -0.4 is 0 Å². The Labute approximate surface area is 188 Å². The van der Waals surface area contributed by atoms with Gasteiger partial charge in [0.2, 0.25) is 0 Å². The van der Waals surface area contributed by atoms with Crippen LogP contribution in [0.5, 0.6) is 0 Å². The molecule has 0 bridgehead atoms. The molecule has 0 aliphatic heterocycles. The summed E-state index contributed by atoms with van der Waals surface area (Å²) in [5, 5.41) is 41.4. The van der Waals surface area contributed by atoms with Crippen LogP contribution in [0.2, 0.25) is 0 Å². The van der Waals surface area contributed by atoms with Crippen molar-refractivity contribution < 1.29 is 20.4 Å². The SMILES string of the molecule is C=C1/C(=C/C=C2\CCC[C@@]3(C)[C@@H]([C@H](C)CCCC(C)C)C(O)C[C@@H]23)C[C@H](O)CC1(O)O. The Hall–Kier alpha value is -0.940. The number of allylic oxidation sites excluding steroid dienone is 3. The van der Waals surface area contributed by atoms with Gasteiger partial charge in [-0.2, -0.15) is 0 Å². The van der Waals surface area contributed by atoms with Crippen molar-refractivity contribution in [1.29, 1.82) is 0 Å². The topological polar surface area (TPSA) is 80.9 Å². The Bertz CT molecular complexity index is 719. The second-order valence-corrected chi connectivity index (χ2v) is 11.3. The molecular weight excluding hydrogens is 388 g/mol. The summed E-state index contributed by atoms with van der Waals surface area (Å²) in [6.45, 7) is 13.1. The lowest BCUT2D eigenvalue weighted by Crippen LogP contribution is -2.40. The number of fused-ring (bicyclic) bond motifs is 1. The minimum absolute atomic E-state index is 0.0942. The number of aliphatic hydroxyl groups is 4. The normalized spacial score (nSPS) is 39.3. The van der Waals surface area contributed by atoms with Gasteiger partial charge in [-0.05, 0) is 66.8 Å². The van der Waals surface area contributed by atoms with Crippen molar-refractivity contribution >= 4 is 0 Å². The zero-order valence-electron chi connectivity index (χ0n) is 20.0. The molecule has 4 nitrogen and oxygen atoms in total. The van der Waals surface area contributed by atoms with Gasteiger partial charge >= 0.3 is 0 Å². The Morgan fingerprint density at radius 1 is 1.13 bits per heavy atom. The highest BCUT2D eigenvalue weighted by Gasteiger charge is 2.54. The van der Waals surface area contributed by atoms with Gasteiger partial charge < -0.3 is 20.4 Å². The van der Waals surface area contributed by atoms with Gasteiger partial charge in [0.25, 0.3) is 0 Å². The summed E-state index contributed by atoms with van der Waals surface area (Å²) in [5.74, 6) is -0.108. The monoisotopic (exact) mass is 432 g/mol. The van der Waals surface area contributed by atoms with Gasteiger partial charge in [-0.15, -0.1) is 0 Å². The molecule has 3 saturated carbocycles. The van der Waals surface area contributed by atoms with E-state index in [1.807, 2.05) is 6.08 Å². The molecule has 0 radical (unpaired) electrons. The standard InChI is InChI=1S/C27H44O4/c1-17(2)8-6-9-18(3)25-24(29)15-23-20(10-7-13-26(23,25)5)11-12-21-14-22(28)16-27(30,31)19(21)4/h11-12,17-18,22-25,28-31H,4,6-10,13-16H2,1-3,5H3/b20-11+,21-12+/t18-,22+,23+,24?,25+,26-/m1/s1. The van der Waals surface area contributed by atoms with Crippen LogP contribution in [0.3, 0.4) is 0 Å². The third kappa shape index (κ3) is 5.19. The molecular formula is C27H44O4. The second kappa shape index (κ2) is 9.51. The third-order valence-corrected chi connectivity index (χ3v) is 8.48. The van der Waals surface area contributed by atoms with Crippen LogP contribution in [0, 0.1) is 29.1 Å². The van der Waals surface area contributed by atoms with E-state index in [-0.39, 0.29) is 23.5 Å². The zero-order valence-corrected chi connectivity index (χ0v) is 20.0. The molecule has 4 N–H and O–H groups in total. The molecule has 0 aromatic heterocycles. The predicted molar refractivity (Wildman–Crippen MR) is 125 cm³/mol. The Kier molecular flexibility index (Phi) is 7.57. The van der Waals surface area contributed by atoms with E-state index in [9.17, 15) is 20.4 Å². The Morgan fingerprint density at radius 3 is 2.52 bits per heavy atom. The molecule has 0 spiro atoms. The van der Waals surface area contributed by atoms with E-state index in [1.54, 1.807) is 0 Å². The number of rotatable bonds is 6. The van der Waals surface area contributed by atoms with E-state index in [2.05, 4.69) is 40.3 Å². The molecule has 0 aromatic carbocycles. The van der Waals surface area contributed by atoms with Crippen LogP contribution >= 0.6 is 0 Å². The number of aliphatic hydroxyl groups excluding tert-OH is 2. The Balaban J connectivity index is 1.79. The molecule has 0 saturated heterocycles. The van der Waals surface area contributed by atoms with Crippen LogP contribution in [0.15, 0.2) is 35.5 Å². The number of hydrogen-bond donors (Lipinski definition) is 4. The first-order chi connectivity index (χ1) is 14.5. The molecule has 3 fully saturated rings. The summed E-state index contributed by atoms with van der Waals surface area (Å²) in [4.78, 5) is 0. The molecule has 0 heterocycles. The van der Waals surface area contributed by atoms with Gasteiger partial charge in [0.15, 0.2) is 5.79 Å². The van der Waals surface area contributed by atoms with Gasteiger partial charge in [0.05, 0.1) is 12.2 Å². The minimum atomic E-state index is -2.04. The smallest absolute Gasteiger partial charge is 0.191 e. The number of hydrogen-bond acceptors (Lipinski definition) is 4. The second-order valence-electron chi connectivity index (χ2n) is 11.3. The fourth-order valence-electron chi connectivity index (χ4n) is 6.88. The average molecular weight is 433 g/mol. The fraction of sp³-hybridized carbons (Fsp3) is 0.778. The van der Waals surface area contributed by atoms with Crippen molar-refractivity contribution in [3.05, 3.63) is 35.5 Å². The summed E-state index contributed by atoms with van der Waals surface area (Å²) in [6.07, 6.45) is 11.1. The van der Waals surface area contributed by atoms with E-state index >= 15 is 0 Å².